The van der Waals surface area contributed by atoms with E-state index in [1.54, 1.807) is 0 Å². The zero-order valence-corrected chi connectivity index (χ0v) is 28.9. The zero-order chi connectivity index (χ0) is 31.3. The van der Waals surface area contributed by atoms with Crippen LogP contribution in [0.3, 0.4) is 0 Å². The minimum Gasteiger partial charge on any atom is -0.488 e. The molecule has 4 nitrogen and oxygen atoms in total. The van der Waals surface area contributed by atoms with Crippen LogP contribution in [0.15, 0.2) is 57.5 Å². The second kappa shape index (κ2) is 17.8. The first-order valence-corrected chi connectivity index (χ1v) is 17.5. The molecule has 0 saturated heterocycles. The summed E-state index contributed by atoms with van der Waals surface area (Å²) in [6, 6.07) is 13.4. The molecular formula is C36H42Br2F2N2O2. The van der Waals surface area contributed by atoms with Crippen molar-refractivity contribution >= 4 is 42.9 Å². The lowest BCUT2D eigenvalue weighted by Gasteiger charge is -2.19. The predicted molar refractivity (Wildman–Crippen MR) is 183 cm³/mol. The van der Waals surface area contributed by atoms with Gasteiger partial charge >= 0.3 is 0 Å². The van der Waals surface area contributed by atoms with Gasteiger partial charge in [0.15, 0.2) is 23.1 Å². The molecule has 0 aliphatic heterocycles. The van der Waals surface area contributed by atoms with Crippen LogP contribution in [-0.2, 0) is 0 Å². The van der Waals surface area contributed by atoms with E-state index in [9.17, 15) is 8.78 Å². The summed E-state index contributed by atoms with van der Waals surface area (Å²) in [5.41, 5.74) is 3.37. The Bertz CT molecular complexity index is 1500. The lowest BCUT2D eigenvalue weighted by Crippen LogP contribution is -2.06. The number of rotatable bonds is 18. The van der Waals surface area contributed by atoms with Crippen LogP contribution in [0.2, 0.25) is 0 Å². The SMILES string of the molecule is CCCCCCCCOc1c(OCCCCCCCC)c(Br)c2nc(-c3ccc(F)c(F)c3)c(-c3ccccc3)nc2c1Br. The van der Waals surface area contributed by atoms with E-state index in [4.69, 9.17) is 19.4 Å². The van der Waals surface area contributed by atoms with Crippen LogP contribution in [0.25, 0.3) is 33.5 Å². The molecule has 0 aliphatic carbocycles. The van der Waals surface area contributed by atoms with E-state index in [0.29, 0.717) is 61.6 Å². The second-order valence-corrected chi connectivity index (χ2v) is 12.7. The quantitative estimate of drug-likeness (QED) is 0.0956. The normalized spacial score (nSPS) is 11.3. The Morgan fingerprint density at radius 1 is 0.568 bits per heavy atom. The summed E-state index contributed by atoms with van der Waals surface area (Å²) in [6.45, 7) is 5.54. The number of hydrogen-bond acceptors (Lipinski definition) is 4. The van der Waals surface area contributed by atoms with Crippen molar-refractivity contribution in [3.05, 3.63) is 69.1 Å². The van der Waals surface area contributed by atoms with Crippen LogP contribution in [0.4, 0.5) is 8.78 Å². The van der Waals surface area contributed by atoms with Crippen molar-refractivity contribution in [3.63, 3.8) is 0 Å². The van der Waals surface area contributed by atoms with Crippen LogP contribution in [0.5, 0.6) is 11.5 Å². The maximum atomic E-state index is 14.4. The van der Waals surface area contributed by atoms with Gasteiger partial charge in [0.2, 0.25) is 0 Å². The van der Waals surface area contributed by atoms with E-state index < -0.39 is 11.6 Å². The molecule has 8 heteroatoms. The first-order valence-electron chi connectivity index (χ1n) is 15.9. The molecule has 236 valence electrons. The smallest absolute Gasteiger partial charge is 0.178 e. The van der Waals surface area contributed by atoms with Crippen LogP contribution in [0.1, 0.15) is 90.9 Å². The monoisotopic (exact) mass is 730 g/mol. The van der Waals surface area contributed by atoms with E-state index >= 15 is 0 Å². The number of halogens is 4. The van der Waals surface area contributed by atoms with Gasteiger partial charge in [-0.1, -0.05) is 108 Å². The van der Waals surface area contributed by atoms with Crippen molar-refractivity contribution in [2.24, 2.45) is 0 Å². The van der Waals surface area contributed by atoms with E-state index in [1.165, 1.54) is 57.4 Å². The highest BCUT2D eigenvalue weighted by molar-refractivity contribution is 9.11. The molecule has 44 heavy (non-hydrogen) atoms. The van der Waals surface area contributed by atoms with Crippen LogP contribution < -0.4 is 9.47 Å². The number of hydrogen-bond donors (Lipinski definition) is 0. The third-order valence-electron chi connectivity index (χ3n) is 7.65. The average Bonchev–Trinajstić information content (AvgIpc) is 3.04. The van der Waals surface area contributed by atoms with Crippen molar-refractivity contribution in [2.45, 2.75) is 90.9 Å². The van der Waals surface area contributed by atoms with E-state index in [0.717, 1.165) is 43.4 Å². The minimum absolute atomic E-state index is 0.429. The lowest BCUT2D eigenvalue weighted by atomic mass is 10.0. The molecule has 0 aliphatic rings. The number of nitrogens with zero attached hydrogens (tertiary/aromatic N) is 2. The van der Waals surface area contributed by atoms with Crippen molar-refractivity contribution in [3.8, 4) is 34.0 Å². The summed E-state index contributed by atoms with van der Waals surface area (Å²) < 4.78 is 42.4. The molecule has 1 aromatic heterocycles. The van der Waals surface area contributed by atoms with Crippen molar-refractivity contribution in [1.29, 1.82) is 0 Å². The topological polar surface area (TPSA) is 44.2 Å². The molecule has 0 amide bonds. The average molecular weight is 733 g/mol. The molecule has 4 aromatic rings. The molecule has 0 radical (unpaired) electrons. The van der Waals surface area contributed by atoms with Gasteiger partial charge in [-0.15, -0.1) is 0 Å². The first-order chi connectivity index (χ1) is 21.5. The molecule has 1 heterocycles. The van der Waals surface area contributed by atoms with Gasteiger partial charge in [-0.2, -0.15) is 0 Å². The highest BCUT2D eigenvalue weighted by Gasteiger charge is 2.25. The van der Waals surface area contributed by atoms with E-state index in [1.807, 2.05) is 30.3 Å². The number of ether oxygens (including phenoxy) is 2. The fourth-order valence-corrected chi connectivity index (χ4v) is 6.31. The van der Waals surface area contributed by atoms with Gasteiger partial charge in [-0.05, 0) is 62.9 Å². The van der Waals surface area contributed by atoms with Gasteiger partial charge in [0, 0.05) is 11.1 Å². The van der Waals surface area contributed by atoms with Crippen molar-refractivity contribution in [2.75, 3.05) is 13.2 Å². The Kier molecular flexibility index (Phi) is 13.9. The molecule has 0 unspecified atom stereocenters. The number of aromatic nitrogens is 2. The molecule has 0 atom stereocenters. The third kappa shape index (κ3) is 9.00. The maximum absolute atomic E-state index is 14.4. The standard InChI is InChI=1S/C36H42Br2F2N2O2/c1-3-5-7-9-11-16-22-43-35-29(37)33-34(30(38)36(35)44-23-17-12-10-8-6-4-2)42-32(26-20-21-27(39)28(40)24-26)31(41-33)25-18-14-13-15-19-25/h13-15,18-21,24H,3-12,16-17,22-23H2,1-2H3. The molecule has 4 rings (SSSR count). The first kappa shape index (κ1) is 34.3. The predicted octanol–water partition coefficient (Wildman–Crippen LogP) is 12.2. The van der Waals surface area contributed by atoms with E-state index in [-0.39, 0.29) is 0 Å². The van der Waals surface area contributed by atoms with Gasteiger partial charge in [0.1, 0.15) is 11.0 Å². The highest BCUT2D eigenvalue weighted by Crippen LogP contribution is 2.48. The zero-order valence-electron chi connectivity index (χ0n) is 25.7. The molecule has 0 bridgehead atoms. The highest BCUT2D eigenvalue weighted by atomic mass is 79.9. The Hall–Kier alpha value is -2.58. The van der Waals surface area contributed by atoms with Crippen LogP contribution in [-0.4, -0.2) is 23.2 Å². The summed E-state index contributed by atoms with van der Waals surface area (Å²) >= 11 is 7.56. The summed E-state index contributed by atoms with van der Waals surface area (Å²) in [5, 5.41) is 0. The Morgan fingerprint density at radius 2 is 1.05 bits per heavy atom. The van der Waals surface area contributed by atoms with Gasteiger partial charge in [0.05, 0.1) is 33.5 Å². The van der Waals surface area contributed by atoms with Crippen molar-refractivity contribution in [1.82, 2.24) is 9.97 Å². The van der Waals surface area contributed by atoms with Crippen LogP contribution >= 0.6 is 31.9 Å². The lowest BCUT2D eigenvalue weighted by molar-refractivity contribution is 0.256. The number of unbranched alkanes of at least 4 members (excludes halogenated alkanes) is 10. The Labute approximate surface area is 277 Å². The van der Waals surface area contributed by atoms with Crippen molar-refractivity contribution < 1.29 is 18.3 Å². The summed E-state index contributed by atoms with van der Waals surface area (Å²) in [7, 11) is 0. The fraction of sp³-hybridized carbons (Fsp3) is 0.444. The number of fused-ring (bicyclic) bond motifs is 1. The molecule has 0 N–H and O–H groups in total. The molecule has 3 aromatic carbocycles. The van der Waals surface area contributed by atoms with Gasteiger partial charge in [-0.3, -0.25) is 0 Å². The minimum atomic E-state index is -0.940. The summed E-state index contributed by atoms with van der Waals surface area (Å²) in [4.78, 5) is 10.1. The Morgan fingerprint density at radius 3 is 1.55 bits per heavy atom. The molecule has 0 fully saturated rings. The second-order valence-electron chi connectivity index (χ2n) is 11.1. The number of benzene rings is 3. The third-order valence-corrected chi connectivity index (χ3v) is 9.12. The largest absolute Gasteiger partial charge is 0.488 e. The van der Waals surface area contributed by atoms with Gasteiger partial charge in [0.25, 0.3) is 0 Å². The summed E-state index contributed by atoms with van der Waals surface area (Å²) in [5.74, 6) is -0.685. The molecule has 0 saturated carbocycles. The van der Waals surface area contributed by atoms with Gasteiger partial charge in [-0.25, -0.2) is 18.7 Å². The maximum Gasteiger partial charge on any atom is 0.178 e. The van der Waals surface area contributed by atoms with Crippen LogP contribution in [0, 0.1) is 11.6 Å². The Balaban J connectivity index is 1.75. The van der Waals surface area contributed by atoms with Gasteiger partial charge < -0.3 is 9.47 Å². The summed E-state index contributed by atoms with van der Waals surface area (Å²) in [6.07, 6.45) is 13.9. The fourth-order valence-electron chi connectivity index (χ4n) is 5.17. The van der Waals surface area contributed by atoms with E-state index in [2.05, 4.69) is 45.7 Å². The molecule has 0 spiro atoms. The molecular weight excluding hydrogens is 690 g/mol.